The molecule has 0 saturated carbocycles. The summed E-state index contributed by atoms with van der Waals surface area (Å²) in [6, 6.07) is 12.3. The van der Waals surface area contributed by atoms with Crippen molar-refractivity contribution in [3.8, 4) is 0 Å². The van der Waals surface area contributed by atoms with Crippen molar-refractivity contribution in [1.29, 1.82) is 0 Å². The van der Waals surface area contributed by atoms with Gasteiger partial charge >= 0.3 is 6.18 Å². The number of nitrogens with zero attached hydrogens (tertiary/aromatic N) is 2. The normalized spacial score (nSPS) is 11.7. The molecule has 0 atom stereocenters. The number of ketones is 1. The SMILES string of the molecule is CCN(CC)CCNc1nc2c(C(=O)Nc3cccc(Cl)c3C)cc(C(=O)c3ccccc3C(F)(F)F)cc2[nH]1. The summed E-state index contributed by atoms with van der Waals surface area (Å²) in [4.78, 5) is 36.7. The first kappa shape index (κ1) is 29.1. The number of likely N-dealkylation sites (N-methyl/N-ethyl adjacent to an activating group) is 1. The maximum absolute atomic E-state index is 13.7. The molecule has 1 heterocycles. The number of hydrogen-bond acceptors (Lipinski definition) is 5. The van der Waals surface area contributed by atoms with E-state index in [1.54, 1.807) is 25.1 Å². The second-order valence-electron chi connectivity index (χ2n) is 9.20. The second kappa shape index (κ2) is 12.1. The fourth-order valence-electron chi connectivity index (χ4n) is 4.39. The average molecular weight is 572 g/mol. The smallest absolute Gasteiger partial charge is 0.355 e. The van der Waals surface area contributed by atoms with Gasteiger partial charge in [0, 0.05) is 34.9 Å². The van der Waals surface area contributed by atoms with Crippen LogP contribution in [0.25, 0.3) is 11.0 Å². The molecule has 0 aliphatic carbocycles. The number of alkyl halides is 3. The molecule has 0 radical (unpaired) electrons. The molecule has 0 spiro atoms. The Balaban J connectivity index is 1.77. The highest BCUT2D eigenvalue weighted by atomic mass is 35.5. The summed E-state index contributed by atoms with van der Waals surface area (Å²) in [7, 11) is 0. The van der Waals surface area contributed by atoms with Gasteiger partial charge in [-0.3, -0.25) is 9.59 Å². The molecule has 1 aromatic heterocycles. The Morgan fingerprint density at radius 1 is 1.02 bits per heavy atom. The Morgan fingerprint density at radius 2 is 1.75 bits per heavy atom. The van der Waals surface area contributed by atoms with E-state index in [2.05, 4.69) is 39.3 Å². The van der Waals surface area contributed by atoms with Gasteiger partial charge in [0.15, 0.2) is 5.78 Å². The zero-order valence-corrected chi connectivity index (χ0v) is 23.0. The van der Waals surface area contributed by atoms with Gasteiger partial charge in [-0.2, -0.15) is 13.2 Å². The number of imidazole rings is 1. The van der Waals surface area contributed by atoms with Crippen molar-refractivity contribution >= 4 is 46.0 Å². The minimum absolute atomic E-state index is 0.0257. The third-order valence-corrected chi connectivity index (χ3v) is 7.11. The van der Waals surface area contributed by atoms with E-state index >= 15 is 0 Å². The van der Waals surface area contributed by atoms with Gasteiger partial charge in [0.2, 0.25) is 5.95 Å². The van der Waals surface area contributed by atoms with Gasteiger partial charge in [0.25, 0.3) is 5.91 Å². The number of H-pyrrole nitrogens is 1. The number of carbonyl (C=O) groups is 2. The van der Waals surface area contributed by atoms with E-state index in [1.807, 2.05) is 0 Å². The number of aromatic nitrogens is 2. The highest BCUT2D eigenvalue weighted by Crippen LogP contribution is 2.34. The van der Waals surface area contributed by atoms with Crippen molar-refractivity contribution in [2.75, 3.05) is 36.8 Å². The number of hydrogen-bond donors (Lipinski definition) is 3. The maximum Gasteiger partial charge on any atom is 0.417 e. The fourth-order valence-corrected chi connectivity index (χ4v) is 4.57. The van der Waals surface area contributed by atoms with E-state index in [9.17, 15) is 22.8 Å². The number of benzene rings is 3. The number of rotatable bonds is 10. The van der Waals surface area contributed by atoms with Gasteiger partial charge < -0.3 is 20.5 Å². The van der Waals surface area contributed by atoms with Gasteiger partial charge in [-0.1, -0.05) is 49.7 Å². The van der Waals surface area contributed by atoms with Crippen LogP contribution in [-0.4, -0.2) is 52.7 Å². The molecule has 0 unspecified atom stereocenters. The van der Waals surface area contributed by atoms with Crippen molar-refractivity contribution in [2.24, 2.45) is 0 Å². The summed E-state index contributed by atoms with van der Waals surface area (Å²) in [5.74, 6) is -1.08. The van der Waals surface area contributed by atoms with Gasteiger partial charge in [0.05, 0.1) is 16.6 Å². The summed E-state index contributed by atoms with van der Waals surface area (Å²) < 4.78 is 41.0. The Kier molecular flexibility index (Phi) is 8.80. The lowest BCUT2D eigenvalue weighted by Gasteiger charge is -2.17. The second-order valence-corrected chi connectivity index (χ2v) is 9.61. The molecule has 7 nitrogen and oxygen atoms in total. The van der Waals surface area contributed by atoms with E-state index < -0.39 is 29.0 Å². The molecule has 0 saturated heterocycles. The van der Waals surface area contributed by atoms with Crippen LogP contribution < -0.4 is 10.6 Å². The summed E-state index contributed by atoms with van der Waals surface area (Å²) in [5, 5.41) is 6.43. The quantitative estimate of drug-likeness (QED) is 0.183. The van der Waals surface area contributed by atoms with Gasteiger partial charge in [-0.25, -0.2) is 4.98 Å². The van der Waals surface area contributed by atoms with Crippen molar-refractivity contribution < 1.29 is 22.8 Å². The van der Waals surface area contributed by atoms with Gasteiger partial charge in [-0.15, -0.1) is 0 Å². The zero-order chi connectivity index (χ0) is 29.0. The number of fused-ring (bicyclic) bond motifs is 1. The van der Waals surface area contributed by atoms with Gasteiger partial charge in [0.1, 0.15) is 5.52 Å². The minimum Gasteiger partial charge on any atom is -0.355 e. The first-order valence-corrected chi connectivity index (χ1v) is 13.2. The Labute approximate surface area is 234 Å². The number of nitrogens with one attached hydrogen (secondary N) is 3. The molecule has 40 heavy (non-hydrogen) atoms. The van der Waals surface area contributed by atoms with Crippen LogP contribution in [0.1, 0.15) is 51.3 Å². The van der Waals surface area contributed by atoms with Crippen LogP contribution in [0.4, 0.5) is 24.8 Å². The zero-order valence-electron chi connectivity index (χ0n) is 22.2. The number of aromatic amines is 1. The summed E-state index contributed by atoms with van der Waals surface area (Å²) in [6.45, 7) is 8.96. The molecule has 3 N–H and O–H groups in total. The standard InChI is InChI=1S/C29H29ClF3N5O2/c1-4-38(5-2)14-13-34-28-36-24-16-18(26(39)19-9-6-7-10-21(19)29(31,32)33)15-20(25(24)37-28)27(40)35-23-12-8-11-22(30)17(23)3/h6-12,15-16H,4-5,13-14H2,1-3H3,(H,35,40)(H2,34,36,37). The predicted molar refractivity (Wildman–Crippen MR) is 151 cm³/mol. The highest BCUT2D eigenvalue weighted by molar-refractivity contribution is 6.32. The molecule has 210 valence electrons. The predicted octanol–water partition coefficient (Wildman–Crippen LogP) is 6.78. The summed E-state index contributed by atoms with van der Waals surface area (Å²) in [5.41, 5.74) is 0.0661. The molecule has 4 rings (SSSR count). The van der Waals surface area contributed by atoms with Crippen molar-refractivity contribution in [3.63, 3.8) is 0 Å². The maximum atomic E-state index is 13.7. The first-order valence-electron chi connectivity index (χ1n) is 12.8. The van der Waals surface area contributed by atoms with Crippen LogP contribution in [0.15, 0.2) is 54.6 Å². The first-order chi connectivity index (χ1) is 19.0. The fraction of sp³-hybridized carbons (Fsp3) is 0.276. The number of carbonyl (C=O) groups excluding carboxylic acids is 2. The molecule has 4 aromatic rings. The molecule has 11 heteroatoms. The Hall–Kier alpha value is -3.89. The molecule has 0 fully saturated rings. The topological polar surface area (TPSA) is 90.1 Å². The van der Waals surface area contributed by atoms with E-state index in [0.717, 1.165) is 31.8 Å². The van der Waals surface area contributed by atoms with Crippen LogP contribution in [0.2, 0.25) is 5.02 Å². The highest BCUT2D eigenvalue weighted by Gasteiger charge is 2.35. The van der Waals surface area contributed by atoms with E-state index in [0.29, 0.717) is 34.3 Å². The molecule has 0 bridgehead atoms. The Morgan fingerprint density at radius 3 is 2.45 bits per heavy atom. The van der Waals surface area contributed by atoms with Crippen molar-refractivity contribution in [3.05, 3.63) is 87.4 Å². The lowest BCUT2D eigenvalue weighted by atomic mass is 9.96. The largest absolute Gasteiger partial charge is 0.417 e. The van der Waals surface area contributed by atoms with Crippen LogP contribution >= 0.6 is 11.6 Å². The Bertz CT molecular complexity index is 1550. The van der Waals surface area contributed by atoms with Gasteiger partial charge in [-0.05, 0) is 55.9 Å². The molecule has 0 aliphatic heterocycles. The monoisotopic (exact) mass is 571 g/mol. The van der Waals surface area contributed by atoms with Crippen molar-refractivity contribution in [1.82, 2.24) is 14.9 Å². The third-order valence-electron chi connectivity index (χ3n) is 6.70. The average Bonchev–Trinajstić information content (AvgIpc) is 3.35. The summed E-state index contributed by atoms with van der Waals surface area (Å²) in [6.07, 6.45) is -4.73. The van der Waals surface area contributed by atoms with Crippen molar-refractivity contribution in [2.45, 2.75) is 26.9 Å². The number of anilines is 2. The van der Waals surface area contributed by atoms with Crippen LogP contribution in [0, 0.1) is 6.92 Å². The number of amides is 1. The van der Waals surface area contributed by atoms with Crippen LogP contribution in [-0.2, 0) is 6.18 Å². The third kappa shape index (κ3) is 6.29. The van der Waals surface area contributed by atoms with E-state index in [-0.39, 0.29) is 16.6 Å². The minimum atomic E-state index is -4.73. The molecular formula is C29H29ClF3N5O2. The molecule has 0 aliphatic rings. The van der Waals surface area contributed by atoms with E-state index in [4.69, 9.17) is 11.6 Å². The van der Waals surface area contributed by atoms with Crippen LogP contribution in [0.5, 0.6) is 0 Å². The number of halogens is 4. The molecule has 3 aromatic carbocycles. The lowest BCUT2D eigenvalue weighted by molar-refractivity contribution is -0.137. The van der Waals surface area contributed by atoms with E-state index in [1.165, 1.54) is 24.3 Å². The van der Waals surface area contributed by atoms with Crippen LogP contribution in [0.3, 0.4) is 0 Å². The molecule has 1 amide bonds. The lowest BCUT2D eigenvalue weighted by Crippen LogP contribution is -2.28. The summed E-state index contributed by atoms with van der Waals surface area (Å²) >= 11 is 6.20. The molecular weight excluding hydrogens is 543 g/mol.